The molecular weight excluding hydrogens is 299 g/mol. The molecule has 1 aromatic carbocycles. The molecule has 2 aromatic rings. The molecule has 124 valence electrons. The highest BCUT2D eigenvalue weighted by Crippen LogP contribution is 2.26. The van der Waals surface area contributed by atoms with Crippen LogP contribution in [-0.2, 0) is 5.60 Å². The van der Waals surface area contributed by atoms with Crippen LogP contribution in [-0.4, -0.2) is 17.7 Å². The molecule has 3 N–H and O–H groups in total. The smallest absolute Gasteiger partial charge is 0.319 e. The van der Waals surface area contributed by atoms with E-state index in [1.807, 2.05) is 0 Å². The molecule has 0 fully saturated rings. The second-order valence-electron chi connectivity index (χ2n) is 5.89. The minimum Gasteiger partial charge on any atom is -0.466 e. The van der Waals surface area contributed by atoms with Gasteiger partial charge in [0.25, 0.3) is 0 Å². The lowest BCUT2D eigenvalue weighted by Crippen LogP contribution is -2.40. The van der Waals surface area contributed by atoms with Gasteiger partial charge in [-0.2, -0.15) is 0 Å². The number of carbonyl (C=O) groups excluding carboxylic acids is 1. The van der Waals surface area contributed by atoms with Gasteiger partial charge in [0.1, 0.15) is 22.9 Å². The summed E-state index contributed by atoms with van der Waals surface area (Å²) in [7, 11) is 0. The van der Waals surface area contributed by atoms with Crippen molar-refractivity contribution in [2.75, 3.05) is 11.9 Å². The summed E-state index contributed by atoms with van der Waals surface area (Å²) in [5.41, 5.74) is 0.174. The summed E-state index contributed by atoms with van der Waals surface area (Å²) in [6, 6.07) is 5.67. The van der Waals surface area contributed by atoms with E-state index in [4.69, 9.17) is 4.42 Å². The van der Waals surface area contributed by atoms with E-state index in [9.17, 15) is 14.3 Å². The molecule has 0 aliphatic rings. The van der Waals surface area contributed by atoms with Crippen LogP contribution in [0.4, 0.5) is 14.9 Å². The highest BCUT2D eigenvalue weighted by atomic mass is 19.1. The van der Waals surface area contributed by atoms with E-state index in [2.05, 4.69) is 10.6 Å². The highest BCUT2D eigenvalue weighted by molar-refractivity contribution is 5.89. The lowest BCUT2D eigenvalue weighted by molar-refractivity contribution is 0.0584. The molecule has 1 atom stereocenters. The van der Waals surface area contributed by atoms with Gasteiger partial charge in [-0.15, -0.1) is 0 Å². The van der Waals surface area contributed by atoms with Crippen LogP contribution in [0.5, 0.6) is 0 Å². The summed E-state index contributed by atoms with van der Waals surface area (Å²) in [6.45, 7) is 6.84. The van der Waals surface area contributed by atoms with Crippen molar-refractivity contribution < 1.29 is 18.7 Å². The number of benzene rings is 1. The molecule has 0 aliphatic carbocycles. The summed E-state index contributed by atoms with van der Waals surface area (Å²) >= 11 is 0. The molecule has 2 amide bonds. The number of furan rings is 1. The van der Waals surface area contributed by atoms with Gasteiger partial charge < -0.3 is 20.2 Å². The van der Waals surface area contributed by atoms with Crippen molar-refractivity contribution in [2.45, 2.75) is 33.3 Å². The normalized spacial score (nSPS) is 13.5. The number of halogens is 1. The molecule has 2 rings (SSSR count). The predicted octanol–water partition coefficient (Wildman–Crippen LogP) is 3.37. The Morgan fingerprint density at radius 3 is 2.57 bits per heavy atom. The Morgan fingerprint density at radius 2 is 2.00 bits per heavy atom. The summed E-state index contributed by atoms with van der Waals surface area (Å²) in [4.78, 5) is 11.9. The number of urea groups is 1. The molecule has 6 heteroatoms. The molecule has 0 bridgehead atoms. The Kier molecular flexibility index (Phi) is 4.75. The summed E-state index contributed by atoms with van der Waals surface area (Å²) < 4.78 is 19.1. The van der Waals surface area contributed by atoms with Gasteiger partial charge in [0.2, 0.25) is 0 Å². The number of amides is 2. The third kappa shape index (κ3) is 4.10. The van der Waals surface area contributed by atoms with Gasteiger partial charge in [-0.25, -0.2) is 9.18 Å². The number of anilines is 1. The summed E-state index contributed by atoms with van der Waals surface area (Å²) in [5.74, 6) is 0.774. The first kappa shape index (κ1) is 17.0. The van der Waals surface area contributed by atoms with E-state index in [0.29, 0.717) is 17.1 Å². The first-order valence-corrected chi connectivity index (χ1v) is 7.30. The Labute approximate surface area is 134 Å². The maximum Gasteiger partial charge on any atom is 0.319 e. The Balaban J connectivity index is 1.99. The van der Waals surface area contributed by atoms with E-state index in [0.717, 1.165) is 5.56 Å². The fourth-order valence-corrected chi connectivity index (χ4v) is 2.40. The van der Waals surface area contributed by atoms with Crippen LogP contribution in [0.2, 0.25) is 0 Å². The fraction of sp³-hybridized carbons (Fsp3) is 0.353. The van der Waals surface area contributed by atoms with Crippen LogP contribution in [0, 0.1) is 26.6 Å². The minimum atomic E-state index is -1.29. The second-order valence-corrected chi connectivity index (χ2v) is 5.89. The number of hydrogen-bond acceptors (Lipinski definition) is 3. The van der Waals surface area contributed by atoms with Crippen molar-refractivity contribution in [1.82, 2.24) is 5.32 Å². The van der Waals surface area contributed by atoms with Crippen molar-refractivity contribution in [3.8, 4) is 0 Å². The number of aliphatic hydroxyl groups is 1. The van der Waals surface area contributed by atoms with E-state index in [1.165, 1.54) is 12.1 Å². The molecule has 1 aromatic heterocycles. The van der Waals surface area contributed by atoms with Gasteiger partial charge in [-0.3, -0.25) is 0 Å². The fourth-order valence-electron chi connectivity index (χ4n) is 2.40. The van der Waals surface area contributed by atoms with Crippen molar-refractivity contribution in [3.05, 3.63) is 52.7 Å². The first-order chi connectivity index (χ1) is 10.7. The van der Waals surface area contributed by atoms with E-state index in [-0.39, 0.29) is 12.2 Å². The van der Waals surface area contributed by atoms with E-state index < -0.39 is 17.4 Å². The highest BCUT2D eigenvalue weighted by Gasteiger charge is 2.28. The Hall–Kier alpha value is -2.34. The molecule has 0 saturated heterocycles. The molecule has 0 aliphatic heterocycles. The van der Waals surface area contributed by atoms with Crippen LogP contribution < -0.4 is 10.6 Å². The van der Waals surface area contributed by atoms with Gasteiger partial charge in [-0.1, -0.05) is 6.07 Å². The quantitative estimate of drug-likeness (QED) is 0.808. The molecule has 1 unspecified atom stereocenters. The monoisotopic (exact) mass is 320 g/mol. The third-order valence-electron chi connectivity index (χ3n) is 3.59. The second kappa shape index (κ2) is 6.42. The van der Waals surface area contributed by atoms with Crippen molar-refractivity contribution in [3.63, 3.8) is 0 Å². The maximum absolute atomic E-state index is 13.7. The van der Waals surface area contributed by atoms with Crippen molar-refractivity contribution in [1.29, 1.82) is 0 Å². The van der Waals surface area contributed by atoms with Gasteiger partial charge in [0.05, 0.1) is 12.2 Å². The van der Waals surface area contributed by atoms with Gasteiger partial charge in [0.15, 0.2) is 0 Å². The number of hydrogen-bond donors (Lipinski definition) is 3. The number of aryl methyl sites for hydroxylation is 3. The van der Waals surface area contributed by atoms with Crippen LogP contribution in [0.15, 0.2) is 28.7 Å². The summed E-state index contributed by atoms with van der Waals surface area (Å²) in [6.07, 6.45) is 0. The molecule has 0 radical (unpaired) electrons. The predicted molar refractivity (Wildman–Crippen MR) is 85.9 cm³/mol. The maximum atomic E-state index is 13.7. The molecule has 1 heterocycles. The van der Waals surface area contributed by atoms with Crippen molar-refractivity contribution in [2.24, 2.45) is 0 Å². The van der Waals surface area contributed by atoms with Crippen LogP contribution in [0.3, 0.4) is 0 Å². The Bertz CT molecular complexity index is 723. The minimum absolute atomic E-state index is 0.0356. The van der Waals surface area contributed by atoms with Gasteiger partial charge in [0, 0.05) is 5.56 Å². The zero-order chi connectivity index (χ0) is 17.2. The van der Waals surface area contributed by atoms with Gasteiger partial charge >= 0.3 is 6.03 Å². The molecular formula is C17H21FN2O3. The lowest BCUT2D eigenvalue weighted by Gasteiger charge is -2.23. The molecule has 23 heavy (non-hydrogen) atoms. The Morgan fingerprint density at radius 1 is 1.30 bits per heavy atom. The average Bonchev–Trinajstić information content (AvgIpc) is 2.80. The van der Waals surface area contributed by atoms with E-state index >= 15 is 0 Å². The van der Waals surface area contributed by atoms with Crippen molar-refractivity contribution >= 4 is 11.7 Å². The molecule has 0 saturated carbocycles. The van der Waals surface area contributed by atoms with Gasteiger partial charge in [-0.05, 0) is 51.5 Å². The van der Waals surface area contributed by atoms with Crippen LogP contribution in [0.1, 0.15) is 29.6 Å². The first-order valence-electron chi connectivity index (χ1n) is 7.30. The number of carbonyl (C=O) groups is 1. The SMILES string of the molecule is Cc1ccc(NC(=O)NCC(C)(O)c2cc(C)oc2C)c(F)c1. The zero-order valence-electron chi connectivity index (χ0n) is 13.7. The molecule has 5 nitrogen and oxygen atoms in total. The topological polar surface area (TPSA) is 74.5 Å². The standard InChI is InChI=1S/C17H21FN2O3/c1-10-5-6-15(14(18)7-10)20-16(21)19-9-17(4,22)13-8-11(2)23-12(13)3/h5-8,22H,9H2,1-4H3,(H2,19,20,21). The third-order valence-corrected chi connectivity index (χ3v) is 3.59. The lowest BCUT2D eigenvalue weighted by atomic mass is 9.96. The van der Waals surface area contributed by atoms with Crippen LogP contribution >= 0.6 is 0 Å². The summed E-state index contributed by atoms with van der Waals surface area (Å²) in [5, 5.41) is 15.5. The van der Waals surface area contributed by atoms with E-state index in [1.54, 1.807) is 39.8 Å². The zero-order valence-corrected chi connectivity index (χ0v) is 13.7. The average molecular weight is 320 g/mol. The number of rotatable bonds is 4. The molecule has 0 spiro atoms. The largest absolute Gasteiger partial charge is 0.466 e. The number of nitrogens with one attached hydrogen (secondary N) is 2. The van der Waals surface area contributed by atoms with Crippen LogP contribution in [0.25, 0.3) is 0 Å².